The van der Waals surface area contributed by atoms with Gasteiger partial charge < -0.3 is 0 Å². The fraction of sp³-hybridized carbons (Fsp3) is 0. The smallest absolute Gasteiger partial charge is 0.263 e. The number of rotatable bonds is 2. The number of halogens is 2. The van der Waals surface area contributed by atoms with E-state index in [4.69, 9.17) is 35.4 Å². The Morgan fingerprint density at radius 2 is 1.65 bits per heavy atom. The number of allylic oxidation sites excluding steroid dienone is 2. The van der Waals surface area contributed by atoms with Crippen molar-refractivity contribution in [3.63, 3.8) is 0 Å². The van der Waals surface area contributed by atoms with Crippen LogP contribution in [-0.4, -0.2) is 16.9 Å². The highest BCUT2D eigenvalue weighted by Gasteiger charge is 2.24. The molecule has 102 valence electrons. The second kappa shape index (κ2) is 6.17. The van der Waals surface area contributed by atoms with Gasteiger partial charge in [-0.15, -0.1) is 0 Å². The Kier molecular flexibility index (Phi) is 4.54. The Morgan fingerprint density at radius 3 is 2.20 bits per heavy atom. The van der Waals surface area contributed by atoms with Gasteiger partial charge in [0.15, 0.2) is 5.11 Å². The first-order valence-corrected chi connectivity index (χ1v) is 6.64. The van der Waals surface area contributed by atoms with E-state index in [2.05, 4.69) is 10.6 Å². The first-order chi connectivity index (χ1) is 9.47. The molecule has 0 bridgehead atoms. The van der Waals surface area contributed by atoms with E-state index < -0.39 is 11.8 Å². The Bertz CT molecular complexity index is 629. The van der Waals surface area contributed by atoms with Crippen LogP contribution in [0.2, 0.25) is 5.02 Å². The molecule has 0 aliphatic carbocycles. The van der Waals surface area contributed by atoms with Gasteiger partial charge in [-0.1, -0.05) is 35.3 Å². The summed E-state index contributed by atoms with van der Waals surface area (Å²) in [6.07, 6.45) is 2.80. The predicted octanol–water partition coefficient (Wildman–Crippen LogP) is 2.38. The van der Waals surface area contributed by atoms with Crippen molar-refractivity contribution in [3.05, 3.63) is 52.6 Å². The largest absolute Gasteiger partial charge is 0.299 e. The molecule has 1 aliphatic heterocycles. The summed E-state index contributed by atoms with van der Waals surface area (Å²) in [6, 6.07) is 6.85. The van der Waals surface area contributed by atoms with Crippen LogP contribution in [0.4, 0.5) is 0 Å². The summed E-state index contributed by atoms with van der Waals surface area (Å²) in [5.74, 6) is -1.12. The molecular formula is C13H8Cl2N2O2S. The molecule has 1 heterocycles. The summed E-state index contributed by atoms with van der Waals surface area (Å²) >= 11 is 16.6. The molecule has 1 aliphatic rings. The van der Waals surface area contributed by atoms with E-state index in [9.17, 15) is 9.59 Å². The molecule has 7 heteroatoms. The first-order valence-electron chi connectivity index (χ1n) is 5.47. The van der Waals surface area contributed by atoms with E-state index in [0.717, 1.165) is 5.56 Å². The fourth-order valence-electron chi connectivity index (χ4n) is 1.49. The van der Waals surface area contributed by atoms with Gasteiger partial charge in [-0.2, -0.15) is 0 Å². The Balaban J connectivity index is 2.24. The van der Waals surface area contributed by atoms with Gasteiger partial charge in [0.25, 0.3) is 11.8 Å². The molecule has 20 heavy (non-hydrogen) atoms. The van der Waals surface area contributed by atoms with Gasteiger partial charge >= 0.3 is 0 Å². The number of carbonyl (C=O) groups excluding carboxylic acids is 2. The minimum Gasteiger partial charge on any atom is -0.299 e. The van der Waals surface area contributed by atoms with Crippen molar-refractivity contribution in [2.24, 2.45) is 0 Å². The molecule has 0 spiro atoms. The SMILES string of the molecule is O=C1NC(=S)NC(=O)C1=CC=C(Cl)c1ccc(Cl)cc1. The maximum atomic E-state index is 11.6. The lowest BCUT2D eigenvalue weighted by molar-refractivity contribution is -0.123. The number of hydrogen-bond donors (Lipinski definition) is 2. The Morgan fingerprint density at radius 1 is 1.10 bits per heavy atom. The third-order valence-electron chi connectivity index (χ3n) is 2.46. The molecule has 1 fully saturated rings. The zero-order valence-corrected chi connectivity index (χ0v) is 12.3. The number of benzene rings is 1. The number of carbonyl (C=O) groups is 2. The van der Waals surface area contributed by atoms with Gasteiger partial charge in [0, 0.05) is 10.1 Å². The van der Waals surface area contributed by atoms with Crippen molar-refractivity contribution in [3.8, 4) is 0 Å². The highest BCUT2D eigenvalue weighted by atomic mass is 35.5. The van der Waals surface area contributed by atoms with Crippen molar-refractivity contribution >= 4 is 57.4 Å². The lowest BCUT2D eigenvalue weighted by Crippen LogP contribution is -2.51. The van der Waals surface area contributed by atoms with E-state index in [1.807, 2.05) is 0 Å². The third kappa shape index (κ3) is 3.45. The zero-order chi connectivity index (χ0) is 14.7. The van der Waals surface area contributed by atoms with E-state index >= 15 is 0 Å². The van der Waals surface area contributed by atoms with Crippen LogP contribution >= 0.6 is 35.4 Å². The summed E-state index contributed by atoms with van der Waals surface area (Å²) in [4.78, 5) is 23.2. The van der Waals surface area contributed by atoms with Gasteiger partial charge in [-0.05, 0) is 42.1 Å². The van der Waals surface area contributed by atoms with Gasteiger partial charge in [0.05, 0.1) is 0 Å². The van der Waals surface area contributed by atoms with E-state index in [0.29, 0.717) is 10.1 Å². The topological polar surface area (TPSA) is 58.2 Å². The molecule has 4 nitrogen and oxygen atoms in total. The molecule has 2 amide bonds. The van der Waals surface area contributed by atoms with Crippen molar-refractivity contribution < 1.29 is 9.59 Å². The number of nitrogens with one attached hydrogen (secondary N) is 2. The monoisotopic (exact) mass is 326 g/mol. The molecule has 1 aromatic carbocycles. The summed E-state index contributed by atoms with van der Waals surface area (Å²) in [5.41, 5.74) is 0.658. The molecule has 1 saturated heterocycles. The summed E-state index contributed by atoms with van der Waals surface area (Å²) < 4.78 is 0. The van der Waals surface area contributed by atoms with Crippen molar-refractivity contribution in [1.82, 2.24) is 10.6 Å². The maximum absolute atomic E-state index is 11.6. The molecule has 0 aromatic heterocycles. The van der Waals surface area contributed by atoms with Gasteiger partial charge in [0.2, 0.25) is 0 Å². The van der Waals surface area contributed by atoms with Gasteiger partial charge in [-0.3, -0.25) is 20.2 Å². The highest BCUT2D eigenvalue weighted by molar-refractivity contribution is 7.80. The summed E-state index contributed by atoms with van der Waals surface area (Å²) in [6.45, 7) is 0. The lowest BCUT2D eigenvalue weighted by atomic mass is 10.1. The molecule has 0 unspecified atom stereocenters. The van der Waals surface area contributed by atoms with E-state index in [-0.39, 0.29) is 10.7 Å². The maximum Gasteiger partial charge on any atom is 0.263 e. The molecule has 0 atom stereocenters. The quantitative estimate of drug-likeness (QED) is 0.498. The van der Waals surface area contributed by atoms with Crippen LogP contribution in [0.25, 0.3) is 5.03 Å². The minimum absolute atomic E-state index is 0.00933. The Labute approximate surface area is 130 Å². The van der Waals surface area contributed by atoms with Crippen LogP contribution in [-0.2, 0) is 9.59 Å². The van der Waals surface area contributed by atoms with Crippen LogP contribution in [0.5, 0.6) is 0 Å². The van der Waals surface area contributed by atoms with E-state index in [1.165, 1.54) is 12.2 Å². The minimum atomic E-state index is -0.560. The van der Waals surface area contributed by atoms with E-state index in [1.54, 1.807) is 24.3 Å². The van der Waals surface area contributed by atoms with Gasteiger partial charge in [0.1, 0.15) is 5.57 Å². The lowest BCUT2D eigenvalue weighted by Gasteiger charge is -2.15. The second-order valence-electron chi connectivity index (χ2n) is 3.84. The first kappa shape index (κ1) is 14.7. The molecule has 0 radical (unpaired) electrons. The molecule has 0 saturated carbocycles. The normalized spacial score (nSPS) is 15.8. The standard InChI is InChI=1S/C13H8Cl2N2O2S/c14-8-3-1-7(2-4-8)10(15)6-5-9-11(18)16-13(20)17-12(9)19/h1-6H,(H2,16,17,18,19,20). The fourth-order valence-corrected chi connectivity index (χ4v) is 1.99. The van der Waals surface area contributed by atoms with Crippen molar-refractivity contribution in [2.45, 2.75) is 0 Å². The van der Waals surface area contributed by atoms with Crippen LogP contribution in [0.3, 0.4) is 0 Å². The summed E-state index contributed by atoms with van der Waals surface area (Å²) in [7, 11) is 0. The van der Waals surface area contributed by atoms with Gasteiger partial charge in [-0.25, -0.2) is 0 Å². The number of hydrogen-bond acceptors (Lipinski definition) is 3. The zero-order valence-electron chi connectivity index (χ0n) is 9.94. The molecular weight excluding hydrogens is 319 g/mol. The molecule has 1 aromatic rings. The average molecular weight is 327 g/mol. The average Bonchev–Trinajstić information content (AvgIpc) is 2.38. The molecule has 2 N–H and O–H groups in total. The Hall–Kier alpha value is -1.69. The predicted molar refractivity (Wildman–Crippen MR) is 82.2 cm³/mol. The highest BCUT2D eigenvalue weighted by Crippen LogP contribution is 2.21. The molecule has 2 rings (SSSR count). The second-order valence-corrected chi connectivity index (χ2v) is 5.09. The van der Waals surface area contributed by atoms with Crippen LogP contribution in [0.1, 0.15) is 5.56 Å². The number of amides is 2. The van der Waals surface area contributed by atoms with Crippen LogP contribution in [0, 0.1) is 0 Å². The number of thiocarbonyl (C=S) groups is 1. The van der Waals surface area contributed by atoms with Crippen LogP contribution < -0.4 is 10.6 Å². The summed E-state index contributed by atoms with van der Waals surface area (Å²) in [5, 5.41) is 5.63. The third-order valence-corrected chi connectivity index (χ3v) is 3.26. The van der Waals surface area contributed by atoms with Crippen molar-refractivity contribution in [1.29, 1.82) is 0 Å². The van der Waals surface area contributed by atoms with Crippen LogP contribution in [0.15, 0.2) is 42.0 Å². The van der Waals surface area contributed by atoms with Crippen molar-refractivity contribution in [2.75, 3.05) is 0 Å².